The zero-order chi connectivity index (χ0) is 10.4. The molecule has 0 unspecified atom stereocenters. The molecule has 1 aromatic carbocycles. The molecule has 1 aromatic rings. The van der Waals surface area contributed by atoms with E-state index in [0.29, 0.717) is 12.1 Å². The number of hydrazone groups is 1. The van der Waals surface area contributed by atoms with Crippen molar-refractivity contribution in [1.29, 1.82) is 0 Å². The predicted molar refractivity (Wildman–Crippen MR) is 57.3 cm³/mol. The summed E-state index contributed by atoms with van der Waals surface area (Å²) in [6.07, 6.45) is 1.62. The summed E-state index contributed by atoms with van der Waals surface area (Å²) in [5.74, 6) is -0.0637. The Labute approximate surface area is 84.0 Å². The van der Waals surface area contributed by atoms with Gasteiger partial charge in [0.2, 0.25) is 0 Å². The third kappa shape index (κ3) is 2.42. The van der Waals surface area contributed by atoms with Gasteiger partial charge in [0, 0.05) is 18.3 Å². The zero-order valence-electron chi connectivity index (χ0n) is 8.47. The highest BCUT2D eigenvalue weighted by atomic mass is 16.2. The Bertz CT molecular complexity index is 319. The molecule has 0 aliphatic rings. The molecule has 3 heteroatoms. The van der Waals surface area contributed by atoms with Crippen molar-refractivity contribution in [3.8, 4) is 0 Å². The lowest BCUT2D eigenvalue weighted by atomic mass is 10.2. The van der Waals surface area contributed by atoms with Crippen molar-refractivity contribution in [3.63, 3.8) is 0 Å². The van der Waals surface area contributed by atoms with Crippen LogP contribution in [0, 0.1) is 0 Å². The topological polar surface area (TPSA) is 32.7 Å². The second-order valence-corrected chi connectivity index (χ2v) is 2.76. The van der Waals surface area contributed by atoms with Gasteiger partial charge in [0.15, 0.2) is 0 Å². The van der Waals surface area contributed by atoms with Crippen LogP contribution in [0.1, 0.15) is 24.2 Å². The van der Waals surface area contributed by atoms with Crippen LogP contribution in [0.2, 0.25) is 0 Å². The van der Waals surface area contributed by atoms with Crippen LogP contribution in [-0.4, -0.2) is 23.7 Å². The number of benzene rings is 1. The van der Waals surface area contributed by atoms with E-state index in [1.807, 2.05) is 25.1 Å². The van der Waals surface area contributed by atoms with Crippen LogP contribution in [0.4, 0.5) is 0 Å². The summed E-state index contributed by atoms with van der Waals surface area (Å²) in [5.41, 5.74) is 0.667. The molecule has 0 bridgehead atoms. The Morgan fingerprint density at radius 2 is 2.07 bits per heavy atom. The molecule has 0 fully saturated rings. The number of carbonyl (C=O) groups is 1. The van der Waals surface area contributed by atoms with Gasteiger partial charge >= 0.3 is 0 Å². The Morgan fingerprint density at radius 3 is 2.57 bits per heavy atom. The third-order valence-electron chi connectivity index (χ3n) is 1.81. The maximum atomic E-state index is 11.8. The average Bonchev–Trinajstić information content (AvgIpc) is 2.26. The predicted octanol–water partition coefficient (Wildman–Crippen LogP) is 2.15. The Balaban J connectivity index is 2.83. The van der Waals surface area contributed by atoms with Crippen molar-refractivity contribution in [1.82, 2.24) is 5.01 Å². The van der Waals surface area contributed by atoms with Gasteiger partial charge in [-0.25, -0.2) is 5.01 Å². The number of rotatable bonds is 3. The van der Waals surface area contributed by atoms with Crippen molar-refractivity contribution in [2.24, 2.45) is 5.10 Å². The normalized spacial score (nSPS) is 10.4. The van der Waals surface area contributed by atoms with E-state index in [1.165, 1.54) is 5.01 Å². The van der Waals surface area contributed by atoms with E-state index >= 15 is 0 Å². The first-order chi connectivity index (χ1) is 6.79. The Kier molecular flexibility index (Phi) is 3.85. The second kappa shape index (κ2) is 5.17. The summed E-state index contributed by atoms with van der Waals surface area (Å²) in [6.45, 7) is 4.27. The van der Waals surface area contributed by atoms with E-state index < -0.39 is 0 Å². The number of nitrogens with zero attached hydrogens (tertiary/aromatic N) is 2. The van der Waals surface area contributed by atoms with Crippen LogP contribution in [-0.2, 0) is 0 Å². The molecule has 14 heavy (non-hydrogen) atoms. The van der Waals surface area contributed by atoms with Gasteiger partial charge in [-0.1, -0.05) is 18.2 Å². The van der Waals surface area contributed by atoms with Crippen LogP contribution in [0.3, 0.4) is 0 Å². The molecule has 0 aliphatic heterocycles. The van der Waals surface area contributed by atoms with Crippen molar-refractivity contribution in [3.05, 3.63) is 35.9 Å². The minimum Gasteiger partial charge on any atom is -0.267 e. The van der Waals surface area contributed by atoms with Crippen molar-refractivity contribution in [2.45, 2.75) is 13.8 Å². The summed E-state index contributed by atoms with van der Waals surface area (Å²) in [5, 5.41) is 5.42. The summed E-state index contributed by atoms with van der Waals surface area (Å²) >= 11 is 0. The highest BCUT2D eigenvalue weighted by Crippen LogP contribution is 2.04. The molecule has 1 rings (SSSR count). The maximum Gasteiger partial charge on any atom is 0.273 e. The molecule has 74 valence electrons. The van der Waals surface area contributed by atoms with E-state index in [2.05, 4.69) is 5.10 Å². The minimum atomic E-state index is -0.0637. The Hall–Kier alpha value is -1.64. The van der Waals surface area contributed by atoms with Gasteiger partial charge in [-0.3, -0.25) is 4.79 Å². The maximum absolute atomic E-state index is 11.8. The molecule has 0 spiro atoms. The van der Waals surface area contributed by atoms with E-state index in [1.54, 1.807) is 25.3 Å². The van der Waals surface area contributed by atoms with E-state index in [9.17, 15) is 4.79 Å². The standard InChI is InChI=1S/C11H14N2O/c1-3-12-13(4-2)11(14)10-8-6-5-7-9-10/h3,5-9H,4H2,1-2H3. The fraction of sp³-hybridized carbons (Fsp3) is 0.273. The van der Waals surface area contributed by atoms with E-state index in [0.717, 1.165) is 0 Å². The van der Waals surface area contributed by atoms with Gasteiger partial charge in [-0.15, -0.1) is 0 Å². The number of amides is 1. The molecule has 0 saturated heterocycles. The van der Waals surface area contributed by atoms with Crippen LogP contribution >= 0.6 is 0 Å². The minimum absolute atomic E-state index is 0.0637. The van der Waals surface area contributed by atoms with Gasteiger partial charge in [0.25, 0.3) is 5.91 Å². The van der Waals surface area contributed by atoms with E-state index in [-0.39, 0.29) is 5.91 Å². The van der Waals surface area contributed by atoms with Gasteiger partial charge in [0.1, 0.15) is 0 Å². The summed E-state index contributed by atoms with van der Waals surface area (Å²) in [4.78, 5) is 11.8. The summed E-state index contributed by atoms with van der Waals surface area (Å²) < 4.78 is 0. The van der Waals surface area contributed by atoms with E-state index in [4.69, 9.17) is 0 Å². The molecular formula is C11H14N2O. The van der Waals surface area contributed by atoms with Crippen molar-refractivity contribution < 1.29 is 4.79 Å². The summed E-state index contributed by atoms with van der Waals surface area (Å²) in [6, 6.07) is 9.15. The largest absolute Gasteiger partial charge is 0.273 e. The molecule has 0 aromatic heterocycles. The molecular weight excluding hydrogens is 176 g/mol. The van der Waals surface area contributed by atoms with Crippen LogP contribution < -0.4 is 0 Å². The first-order valence-corrected chi connectivity index (χ1v) is 4.65. The van der Waals surface area contributed by atoms with Crippen molar-refractivity contribution in [2.75, 3.05) is 6.54 Å². The number of carbonyl (C=O) groups excluding carboxylic acids is 1. The van der Waals surface area contributed by atoms with Gasteiger partial charge in [0.05, 0.1) is 0 Å². The Morgan fingerprint density at radius 1 is 1.43 bits per heavy atom. The number of hydrogen-bond donors (Lipinski definition) is 0. The molecule has 3 nitrogen and oxygen atoms in total. The summed E-state index contributed by atoms with van der Waals surface area (Å²) in [7, 11) is 0. The molecule has 0 aliphatic carbocycles. The molecule has 0 N–H and O–H groups in total. The van der Waals surface area contributed by atoms with Gasteiger partial charge < -0.3 is 0 Å². The molecule has 0 radical (unpaired) electrons. The van der Waals surface area contributed by atoms with Gasteiger partial charge in [-0.05, 0) is 26.0 Å². The second-order valence-electron chi connectivity index (χ2n) is 2.76. The quantitative estimate of drug-likeness (QED) is 0.531. The first kappa shape index (κ1) is 10.4. The highest BCUT2D eigenvalue weighted by Gasteiger charge is 2.11. The first-order valence-electron chi connectivity index (χ1n) is 4.65. The smallest absolute Gasteiger partial charge is 0.267 e. The average molecular weight is 190 g/mol. The van der Waals surface area contributed by atoms with Crippen LogP contribution in [0.25, 0.3) is 0 Å². The van der Waals surface area contributed by atoms with Crippen LogP contribution in [0.15, 0.2) is 35.4 Å². The SMILES string of the molecule is CC=NN(CC)C(=O)c1ccccc1. The van der Waals surface area contributed by atoms with Crippen molar-refractivity contribution >= 4 is 12.1 Å². The lowest BCUT2D eigenvalue weighted by Crippen LogP contribution is -2.25. The highest BCUT2D eigenvalue weighted by molar-refractivity contribution is 5.94. The zero-order valence-corrected chi connectivity index (χ0v) is 8.47. The molecule has 0 saturated carbocycles. The molecule has 0 heterocycles. The number of hydrogen-bond acceptors (Lipinski definition) is 2. The monoisotopic (exact) mass is 190 g/mol. The molecule has 0 atom stereocenters. The van der Waals surface area contributed by atoms with Crippen LogP contribution in [0.5, 0.6) is 0 Å². The third-order valence-corrected chi connectivity index (χ3v) is 1.81. The fourth-order valence-electron chi connectivity index (χ4n) is 1.15. The lowest BCUT2D eigenvalue weighted by molar-refractivity contribution is 0.0770. The fourth-order valence-corrected chi connectivity index (χ4v) is 1.15. The molecule has 1 amide bonds. The lowest BCUT2D eigenvalue weighted by Gasteiger charge is -2.13. The van der Waals surface area contributed by atoms with Gasteiger partial charge in [-0.2, -0.15) is 5.10 Å².